The molecule has 1 aromatic carbocycles. The Bertz CT molecular complexity index is 738. The first-order valence-electron chi connectivity index (χ1n) is 10.2. The Morgan fingerprint density at radius 2 is 1.54 bits per heavy atom. The fraction of sp³-hybridized carbons (Fsp3) is 0.650. The number of hydrogen-bond donors (Lipinski definition) is 1. The predicted molar refractivity (Wildman–Crippen MR) is 111 cm³/mol. The summed E-state index contributed by atoms with van der Waals surface area (Å²) in [6.45, 7) is 1.84. The van der Waals surface area contributed by atoms with Crippen molar-refractivity contribution in [3.63, 3.8) is 0 Å². The van der Waals surface area contributed by atoms with Gasteiger partial charge in [-0.3, -0.25) is 4.79 Å². The molecule has 0 spiro atoms. The molecule has 1 amide bonds. The van der Waals surface area contributed by atoms with E-state index in [1.54, 1.807) is 17.0 Å². The van der Waals surface area contributed by atoms with Gasteiger partial charge in [0.2, 0.25) is 15.9 Å². The Morgan fingerprint density at radius 3 is 2.14 bits per heavy atom. The highest BCUT2D eigenvalue weighted by atomic mass is 35.5. The van der Waals surface area contributed by atoms with Crippen LogP contribution in [0.2, 0.25) is 5.02 Å². The van der Waals surface area contributed by atoms with Crippen molar-refractivity contribution in [2.45, 2.75) is 55.9 Å². The van der Waals surface area contributed by atoms with Crippen molar-refractivity contribution in [1.29, 1.82) is 0 Å². The maximum absolute atomic E-state index is 12.7. The SMILES string of the molecule is O=C(CNC1CCCCCCC1)N1CCN(S(=O)(=O)c2ccc(Cl)cc2)CC1. The number of nitrogens with one attached hydrogen (secondary N) is 1. The van der Waals surface area contributed by atoms with Gasteiger partial charge in [0.25, 0.3) is 0 Å². The monoisotopic (exact) mass is 427 g/mol. The third-order valence-electron chi connectivity index (χ3n) is 5.69. The standard InChI is InChI=1S/C20H30ClN3O3S/c21-17-8-10-19(11-9-17)28(26,27)24-14-12-23(13-15-24)20(25)16-22-18-6-4-2-1-3-5-7-18/h8-11,18,22H,1-7,12-16H2. The topological polar surface area (TPSA) is 69.7 Å². The molecular formula is C20H30ClN3O3S. The lowest BCUT2D eigenvalue weighted by atomic mass is 9.97. The number of carbonyl (C=O) groups excluding carboxylic acids is 1. The van der Waals surface area contributed by atoms with Gasteiger partial charge in [-0.1, -0.05) is 43.7 Å². The number of hydrogen-bond acceptors (Lipinski definition) is 4. The Balaban J connectivity index is 1.47. The smallest absolute Gasteiger partial charge is 0.243 e. The highest BCUT2D eigenvalue weighted by Gasteiger charge is 2.30. The van der Waals surface area contributed by atoms with Gasteiger partial charge >= 0.3 is 0 Å². The minimum Gasteiger partial charge on any atom is -0.339 e. The molecule has 0 bridgehead atoms. The molecule has 1 saturated carbocycles. The molecule has 2 fully saturated rings. The van der Waals surface area contributed by atoms with Gasteiger partial charge in [-0.25, -0.2) is 8.42 Å². The van der Waals surface area contributed by atoms with E-state index in [1.807, 2.05) is 0 Å². The average molecular weight is 428 g/mol. The van der Waals surface area contributed by atoms with Crippen molar-refractivity contribution in [2.24, 2.45) is 0 Å². The quantitative estimate of drug-likeness (QED) is 0.784. The number of halogens is 1. The summed E-state index contributed by atoms with van der Waals surface area (Å²) in [5.74, 6) is 0.0607. The van der Waals surface area contributed by atoms with Crippen molar-refractivity contribution in [3.05, 3.63) is 29.3 Å². The molecule has 0 radical (unpaired) electrons. The summed E-state index contributed by atoms with van der Waals surface area (Å²) in [7, 11) is -3.54. The van der Waals surface area contributed by atoms with Crippen LogP contribution in [0, 0.1) is 0 Å². The van der Waals surface area contributed by atoms with Crippen molar-refractivity contribution in [2.75, 3.05) is 32.7 Å². The number of carbonyl (C=O) groups is 1. The maximum atomic E-state index is 12.7. The van der Waals surface area contributed by atoms with Crippen LogP contribution in [0.3, 0.4) is 0 Å². The van der Waals surface area contributed by atoms with Gasteiger partial charge < -0.3 is 10.2 Å². The molecule has 6 nitrogen and oxygen atoms in total. The molecule has 0 atom stereocenters. The maximum Gasteiger partial charge on any atom is 0.243 e. The normalized spacial score (nSPS) is 20.5. The van der Waals surface area contributed by atoms with Crippen molar-refractivity contribution >= 4 is 27.5 Å². The summed E-state index contributed by atoms with van der Waals surface area (Å²) < 4.78 is 26.9. The molecule has 28 heavy (non-hydrogen) atoms. The van der Waals surface area contributed by atoms with Gasteiger partial charge in [-0.05, 0) is 37.1 Å². The first-order chi connectivity index (χ1) is 13.5. The van der Waals surface area contributed by atoms with E-state index in [1.165, 1.54) is 48.5 Å². The Hall–Kier alpha value is -1.15. The zero-order valence-electron chi connectivity index (χ0n) is 16.3. The summed E-state index contributed by atoms with van der Waals surface area (Å²) in [5.41, 5.74) is 0. The molecule has 1 aliphatic heterocycles. The first kappa shape index (κ1) is 21.6. The van der Waals surface area contributed by atoms with E-state index in [-0.39, 0.29) is 10.8 Å². The van der Waals surface area contributed by atoms with Crippen LogP contribution in [0.25, 0.3) is 0 Å². The van der Waals surface area contributed by atoms with Crippen LogP contribution in [-0.4, -0.2) is 62.3 Å². The van der Waals surface area contributed by atoms with E-state index in [0.717, 1.165) is 12.8 Å². The number of amides is 1. The fourth-order valence-electron chi connectivity index (χ4n) is 3.94. The average Bonchev–Trinajstić information content (AvgIpc) is 2.67. The van der Waals surface area contributed by atoms with Crippen LogP contribution in [0.4, 0.5) is 0 Å². The van der Waals surface area contributed by atoms with Gasteiger partial charge in [0.15, 0.2) is 0 Å². The van der Waals surface area contributed by atoms with Crippen molar-refractivity contribution in [1.82, 2.24) is 14.5 Å². The first-order valence-corrected chi connectivity index (χ1v) is 12.1. The Morgan fingerprint density at radius 1 is 0.964 bits per heavy atom. The van der Waals surface area contributed by atoms with E-state index in [9.17, 15) is 13.2 Å². The van der Waals surface area contributed by atoms with Crippen LogP contribution < -0.4 is 5.32 Å². The van der Waals surface area contributed by atoms with Gasteiger partial charge in [-0.15, -0.1) is 0 Å². The molecule has 0 aromatic heterocycles. The largest absolute Gasteiger partial charge is 0.339 e. The number of nitrogens with zero attached hydrogens (tertiary/aromatic N) is 2. The lowest BCUT2D eigenvalue weighted by Gasteiger charge is -2.34. The summed E-state index contributed by atoms with van der Waals surface area (Å²) in [4.78, 5) is 14.5. The second-order valence-electron chi connectivity index (χ2n) is 7.66. The molecule has 1 aromatic rings. The summed E-state index contributed by atoms with van der Waals surface area (Å²) >= 11 is 5.85. The molecule has 8 heteroatoms. The third-order valence-corrected chi connectivity index (χ3v) is 7.85. The molecule has 1 heterocycles. The summed E-state index contributed by atoms with van der Waals surface area (Å²) in [6.07, 6.45) is 8.64. The second-order valence-corrected chi connectivity index (χ2v) is 10.0. The van der Waals surface area contributed by atoms with Gasteiger partial charge in [-0.2, -0.15) is 4.31 Å². The van der Waals surface area contributed by atoms with Crippen LogP contribution >= 0.6 is 11.6 Å². The number of sulfonamides is 1. The lowest BCUT2D eigenvalue weighted by molar-refractivity contribution is -0.131. The van der Waals surface area contributed by atoms with Gasteiger partial charge in [0, 0.05) is 37.2 Å². The molecule has 156 valence electrons. The van der Waals surface area contributed by atoms with Crippen molar-refractivity contribution < 1.29 is 13.2 Å². The third kappa shape index (κ3) is 5.69. The Labute approximate surface area is 173 Å². The molecule has 1 saturated heterocycles. The van der Waals surface area contributed by atoms with Gasteiger partial charge in [0.1, 0.15) is 0 Å². The van der Waals surface area contributed by atoms with Gasteiger partial charge in [0.05, 0.1) is 11.4 Å². The molecule has 1 N–H and O–H groups in total. The molecule has 2 aliphatic rings. The minimum absolute atomic E-state index is 0.0607. The summed E-state index contributed by atoms with van der Waals surface area (Å²) in [6, 6.07) is 6.63. The minimum atomic E-state index is -3.54. The molecule has 3 rings (SSSR count). The predicted octanol–water partition coefficient (Wildman–Crippen LogP) is 2.88. The zero-order valence-corrected chi connectivity index (χ0v) is 17.8. The van der Waals surface area contributed by atoms with E-state index in [2.05, 4.69) is 5.32 Å². The number of rotatable bonds is 5. The fourth-order valence-corrected chi connectivity index (χ4v) is 5.49. The highest BCUT2D eigenvalue weighted by Crippen LogP contribution is 2.20. The Kier molecular flexibility index (Phi) is 7.74. The number of benzene rings is 1. The second kappa shape index (κ2) is 10.1. The van der Waals surface area contributed by atoms with Crippen molar-refractivity contribution in [3.8, 4) is 0 Å². The van der Waals surface area contributed by atoms with E-state index < -0.39 is 10.0 Å². The summed E-state index contributed by atoms with van der Waals surface area (Å²) in [5, 5.41) is 3.93. The van der Waals surface area contributed by atoms with Crippen LogP contribution in [0.15, 0.2) is 29.2 Å². The van der Waals surface area contributed by atoms with Crippen LogP contribution in [0.1, 0.15) is 44.9 Å². The van der Waals surface area contributed by atoms with E-state index in [0.29, 0.717) is 43.8 Å². The molecule has 0 unspecified atom stereocenters. The van der Waals surface area contributed by atoms with E-state index >= 15 is 0 Å². The van der Waals surface area contributed by atoms with Crippen LogP contribution in [0.5, 0.6) is 0 Å². The number of piperazine rings is 1. The van der Waals surface area contributed by atoms with E-state index in [4.69, 9.17) is 11.6 Å². The van der Waals surface area contributed by atoms with Crippen LogP contribution in [-0.2, 0) is 14.8 Å². The zero-order chi connectivity index (χ0) is 20.0. The molecule has 1 aliphatic carbocycles. The lowest BCUT2D eigenvalue weighted by Crippen LogP contribution is -2.52. The highest BCUT2D eigenvalue weighted by molar-refractivity contribution is 7.89. The molecular weight excluding hydrogens is 398 g/mol.